The number of amides is 2. The smallest absolute Gasteiger partial charge is 0.321 e. The number of halogens is 12. The third-order valence-electron chi connectivity index (χ3n) is 6.74. The first-order valence-electron chi connectivity index (χ1n) is 12.5. The number of rotatable bonds is 7. The average Bonchev–Trinajstić information content (AvgIpc) is 3.74. The third-order valence-corrected chi connectivity index (χ3v) is 6.74. The molecule has 4 nitrogen and oxygen atoms in total. The lowest BCUT2D eigenvalue weighted by molar-refractivity contribution is -0.348. The van der Waals surface area contributed by atoms with E-state index >= 15 is 4.39 Å². The molecule has 16 heteroatoms. The molecule has 0 aliphatic heterocycles. The molecule has 0 heterocycles. The summed E-state index contributed by atoms with van der Waals surface area (Å²) in [5.41, 5.74) is -13.8. The second-order valence-corrected chi connectivity index (χ2v) is 9.87. The molecule has 44 heavy (non-hydrogen) atoms. The number of benzene rings is 3. The first-order valence-corrected chi connectivity index (χ1v) is 12.5. The van der Waals surface area contributed by atoms with Crippen molar-refractivity contribution in [3.05, 3.63) is 94.6 Å². The van der Waals surface area contributed by atoms with Crippen molar-refractivity contribution < 1.29 is 62.3 Å². The lowest BCUT2D eigenvalue weighted by Gasteiger charge is -2.31. The minimum atomic E-state index is -6.71. The van der Waals surface area contributed by atoms with E-state index in [2.05, 4.69) is 0 Å². The molecule has 1 N–H and O–H groups in total. The summed E-state index contributed by atoms with van der Waals surface area (Å²) in [7, 11) is 0. The van der Waals surface area contributed by atoms with Crippen molar-refractivity contribution >= 4 is 23.2 Å². The van der Waals surface area contributed by atoms with Crippen molar-refractivity contribution in [2.75, 3.05) is 16.8 Å². The van der Waals surface area contributed by atoms with Gasteiger partial charge in [-0.3, -0.25) is 9.59 Å². The molecule has 2 amide bonds. The minimum Gasteiger partial charge on any atom is -0.321 e. The number of hydrogen-bond acceptors (Lipinski definition) is 2. The van der Waals surface area contributed by atoms with E-state index in [1.54, 1.807) is 5.32 Å². The van der Waals surface area contributed by atoms with Gasteiger partial charge < -0.3 is 10.2 Å². The number of alkyl halides is 10. The molecule has 1 aliphatic rings. The van der Waals surface area contributed by atoms with E-state index in [1.165, 1.54) is 0 Å². The molecule has 4 rings (SSSR count). The third kappa shape index (κ3) is 6.33. The average molecular weight is 642 g/mol. The summed E-state index contributed by atoms with van der Waals surface area (Å²) in [5.74, 6) is -4.54. The molecule has 0 bridgehead atoms. The van der Waals surface area contributed by atoms with Crippen molar-refractivity contribution in [3.8, 4) is 0 Å². The van der Waals surface area contributed by atoms with Crippen LogP contribution in [0.4, 0.5) is 64.1 Å². The number of hydrogen-bond donors (Lipinski definition) is 1. The van der Waals surface area contributed by atoms with Crippen LogP contribution in [0.2, 0.25) is 0 Å². The van der Waals surface area contributed by atoms with Crippen LogP contribution in [-0.2, 0) is 11.8 Å². The van der Waals surface area contributed by atoms with Crippen LogP contribution in [0.15, 0.2) is 60.7 Å². The molecule has 3 aromatic carbocycles. The van der Waals surface area contributed by atoms with Gasteiger partial charge in [-0.1, -0.05) is 12.1 Å². The Kier molecular flexibility index (Phi) is 8.43. The van der Waals surface area contributed by atoms with Crippen LogP contribution in [-0.4, -0.2) is 30.7 Å². The minimum absolute atomic E-state index is 0.0267. The molecule has 0 aromatic heterocycles. The molecule has 1 aliphatic carbocycles. The Balaban J connectivity index is 1.72. The maximum Gasteiger partial charge on any atom is 0.435 e. The number of carbonyl (C=O) groups is 2. The van der Waals surface area contributed by atoms with Crippen LogP contribution in [0.3, 0.4) is 0 Å². The maximum atomic E-state index is 15.7. The summed E-state index contributed by atoms with van der Waals surface area (Å²) in [6.45, 7) is -0.0404. The van der Waals surface area contributed by atoms with E-state index in [4.69, 9.17) is 0 Å². The number of nitrogens with one attached hydrogen (secondary N) is 1. The molecule has 3 aromatic rings. The Morgan fingerprint density at radius 3 is 1.91 bits per heavy atom. The van der Waals surface area contributed by atoms with Crippen LogP contribution >= 0.6 is 0 Å². The fourth-order valence-corrected chi connectivity index (χ4v) is 4.28. The highest BCUT2D eigenvalue weighted by Crippen LogP contribution is 2.54. The van der Waals surface area contributed by atoms with E-state index in [9.17, 15) is 57.9 Å². The lowest BCUT2D eigenvalue weighted by atomic mass is 9.92. The van der Waals surface area contributed by atoms with Crippen LogP contribution in [0.25, 0.3) is 0 Å². The van der Waals surface area contributed by atoms with Gasteiger partial charge in [-0.15, -0.1) is 0 Å². The summed E-state index contributed by atoms with van der Waals surface area (Å²) in [4.78, 5) is 27.0. The van der Waals surface area contributed by atoms with Crippen LogP contribution in [0, 0.1) is 17.6 Å². The second-order valence-electron chi connectivity index (χ2n) is 9.87. The Bertz CT molecular complexity index is 1540. The molecule has 1 fully saturated rings. The topological polar surface area (TPSA) is 49.4 Å². The summed E-state index contributed by atoms with van der Waals surface area (Å²) >= 11 is 0. The predicted octanol–water partition coefficient (Wildman–Crippen LogP) is 8.58. The van der Waals surface area contributed by atoms with Crippen LogP contribution in [0.1, 0.15) is 44.7 Å². The van der Waals surface area contributed by atoms with Gasteiger partial charge in [0.1, 0.15) is 5.82 Å². The largest absolute Gasteiger partial charge is 0.435 e. The quantitative estimate of drug-likeness (QED) is 0.263. The summed E-state index contributed by atoms with van der Waals surface area (Å²) in [6, 6.07) is 6.14. The number of carbonyl (C=O) groups excluding carboxylic acids is 2. The highest BCUT2D eigenvalue weighted by atomic mass is 19.4. The van der Waals surface area contributed by atoms with Crippen LogP contribution < -0.4 is 10.2 Å². The normalized spacial score (nSPS) is 14.4. The van der Waals surface area contributed by atoms with Crippen molar-refractivity contribution in [2.24, 2.45) is 5.92 Å². The zero-order chi connectivity index (χ0) is 32.8. The molecule has 0 atom stereocenters. The van der Waals surface area contributed by atoms with Gasteiger partial charge in [0, 0.05) is 17.7 Å². The van der Waals surface area contributed by atoms with Gasteiger partial charge in [0.25, 0.3) is 11.8 Å². The van der Waals surface area contributed by atoms with Gasteiger partial charge in [-0.2, -0.15) is 39.5 Å². The van der Waals surface area contributed by atoms with E-state index in [0.29, 0.717) is 12.8 Å². The number of nitrogens with zero attached hydrogens (tertiary/aromatic N) is 1. The second kappa shape index (κ2) is 11.4. The SMILES string of the molecule is O=C(Nc1ccc(C(F)(C(F)(F)F)C(F)(F)F)cc1C(F)(F)F)c1cccc(N(CC2CC2)C(=O)c2ccc(F)cc2)c1F. The Hall–Kier alpha value is -4.24. The fraction of sp³-hybridized carbons (Fsp3) is 0.286. The van der Waals surface area contributed by atoms with Crippen LogP contribution in [0.5, 0.6) is 0 Å². The van der Waals surface area contributed by atoms with Crippen molar-refractivity contribution in [1.29, 1.82) is 0 Å². The highest BCUT2D eigenvalue weighted by molar-refractivity contribution is 6.09. The zero-order valence-electron chi connectivity index (χ0n) is 21.8. The van der Waals surface area contributed by atoms with E-state index in [-0.39, 0.29) is 30.2 Å². The van der Waals surface area contributed by atoms with E-state index in [0.717, 1.165) is 47.4 Å². The Morgan fingerprint density at radius 1 is 0.795 bits per heavy atom. The first kappa shape index (κ1) is 32.7. The fourth-order valence-electron chi connectivity index (χ4n) is 4.28. The lowest BCUT2D eigenvalue weighted by Crippen LogP contribution is -2.50. The van der Waals surface area contributed by atoms with E-state index in [1.807, 2.05) is 0 Å². The van der Waals surface area contributed by atoms with Gasteiger partial charge in [0.15, 0.2) is 5.82 Å². The van der Waals surface area contributed by atoms with Gasteiger partial charge in [-0.25, -0.2) is 13.2 Å². The highest BCUT2D eigenvalue weighted by Gasteiger charge is 2.73. The summed E-state index contributed by atoms with van der Waals surface area (Å²) in [6.07, 6.45) is -17.8. The molecule has 0 saturated heterocycles. The van der Waals surface area contributed by atoms with Crippen molar-refractivity contribution in [1.82, 2.24) is 0 Å². The standard InChI is InChI=1S/C28H18F12N2O2/c29-17-9-6-15(7-10-17)24(44)42(13-14-4-5-14)21-3-1-2-18(22(21)30)23(43)41-20-11-8-16(12-19(20)26(32,33)34)25(31,27(35,36)37)28(38,39)40/h1-3,6-12,14H,4-5,13H2,(H,41,43). The molecule has 0 unspecified atom stereocenters. The molecule has 0 radical (unpaired) electrons. The van der Waals surface area contributed by atoms with E-state index < -0.39 is 81.8 Å². The molecular formula is C28H18F12N2O2. The molecule has 1 saturated carbocycles. The monoisotopic (exact) mass is 642 g/mol. The predicted molar refractivity (Wildman–Crippen MR) is 131 cm³/mol. The van der Waals surface area contributed by atoms with Gasteiger partial charge >= 0.3 is 24.2 Å². The molecular weight excluding hydrogens is 624 g/mol. The summed E-state index contributed by atoms with van der Waals surface area (Å²) in [5, 5.41) is 1.59. The number of anilines is 2. The van der Waals surface area contributed by atoms with Gasteiger partial charge in [0.2, 0.25) is 0 Å². The molecule has 236 valence electrons. The Labute approximate surface area is 240 Å². The van der Waals surface area contributed by atoms with Gasteiger partial charge in [0.05, 0.1) is 22.5 Å². The van der Waals surface area contributed by atoms with Crippen molar-refractivity contribution in [3.63, 3.8) is 0 Å². The van der Waals surface area contributed by atoms with Gasteiger partial charge in [-0.05, 0) is 67.3 Å². The van der Waals surface area contributed by atoms with Crippen molar-refractivity contribution in [2.45, 2.75) is 37.0 Å². The maximum absolute atomic E-state index is 15.7. The molecule has 0 spiro atoms. The zero-order valence-corrected chi connectivity index (χ0v) is 21.8. The Morgan fingerprint density at radius 2 is 1.39 bits per heavy atom. The summed E-state index contributed by atoms with van der Waals surface area (Å²) < 4.78 is 163. The first-order chi connectivity index (χ1) is 20.3.